The van der Waals surface area contributed by atoms with Crippen LogP contribution < -0.4 is 10.6 Å². The Balaban J connectivity index is 1.65. The first-order valence-corrected chi connectivity index (χ1v) is 9.07. The van der Waals surface area contributed by atoms with Gasteiger partial charge in [-0.3, -0.25) is 4.79 Å². The highest BCUT2D eigenvalue weighted by molar-refractivity contribution is 14.1. The van der Waals surface area contributed by atoms with Crippen LogP contribution in [0.25, 0.3) is 0 Å². The zero-order valence-corrected chi connectivity index (χ0v) is 14.5. The molecule has 1 spiro atoms. The molecule has 114 valence electrons. The van der Waals surface area contributed by atoms with E-state index in [2.05, 4.69) is 33.2 Å². The summed E-state index contributed by atoms with van der Waals surface area (Å²) >= 11 is 2.23. The van der Waals surface area contributed by atoms with Crippen LogP contribution in [0.5, 0.6) is 0 Å². The van der Waals surface area contributed by atoms with Gasteiger partial charge in [-0.2, -0.15) is 0 Å². The molecule has 2 aliphatic rings. The highest BCUT2D eigenvalue weighted by atomic mass is 127. The molecule has 2 fully saturated rings. The minimum Gasteiger partial charge on any atom is -0.349 e. The summed E-state index contributed by atoms with van der Waals surface area (Å²) in [6.45, 7) is 1.02. The number of halogens is 1. The van der Waals surface area contributed by atoms with Crippen molar-refractivity contribution in [3.05, 3.63) is 33.4 Å². The summed E-state index contributed by atoms with van der Waals surface area (Å²) in [4.78, 5) is 12.5. The van der Waals surface area contributed by atoms with Gasteiger partial charge in [0.05, 0.1) is 5.56 Å². The van der Waals surface area contributed by atoms with Crippen molar-refractivity contribution in [1.82, 2.24) is 10.6 Å². The van der Waals surface area contributed by atoms with E-state index in [1.54, 1.807) is 0 Å². The van der Waals surface area contributed by atoms with Crippen LogP contribution in [0.2, 0.25) is 0 Å². The van der Waals surface area contributed by atoms with Gasteiger partial charge in [-0.1, -0.05) is 31.4 Å². The van der Waals surface area contributed by atoms with Crippen LogP contribution in [0, 0.1) is 3.57 Å². The van der Waals surface area contributed by atoms with E-state index in [4.69, 9.17) is 0 Å². The van der Waals surface area contributed by atoms with E-state index in [1.807, 2.05) is 24.3 Å². The van der Waals surface area contributed by atoms with E-state index in [-0.39, 0.29) is 11.4 Å². The number of carbonyl (C=O) groups is 1. The third-order valence-electron chi connectivity index (χ3n) is 4.89. The molecule has 3 rings (SSSR count). The number of benzene rings is 1. The molecule has 1 aromatic rings. The molecule has 0 radical (unpaired) electrons. The van der Waals surface area contributed by atoms with E-state index in [0.717, 1.165) is 28.5 Å². The third kappa shape index (κ3) is 3.59. The molecule has 1 saturated carbocycles. The van der Waals surface area contributed by atoms with Crippen molar-refractivity contribution in [2.45, 2.75) is 56.5 Å². The van der Waals surface area contributed by atoms with Crippen molar-refractivity contribution in [3.63, 3.8) is 0 Å². The first-order valence-electron chi connectivity index (χ1n) is 7.99. The SMILES string of the molecule is O=C(NC1CCNC2(CCCCC2)C1)c1ccccc1I. The van der Waals surface area contributed by atoms with E-state index in [1.165, 1.54) is 32.1 Å². The maximum Gasteiger partial charge on any atom is 0.252 e. The lowest BCUT2D eigenvalue weighted by Crippen LogP contribution is -2.57. The normalized spacial score (nSPS) is 24.7. The molecule has 2 N–H and O–H groups in total. The standard InChI is InChI=1S/C17H23IN2O/c18-15-7-3-2-6-14(15)16(21)20-13-8-11-19-17(12-13)9-4-1-5-10-17/h2-3,6-7,13,19H,1,4-5,8-12H2,(H,20,21). The van der Waals surface area contributed by atoms with Gasteiger partial charge < -0.3 is 10.6 Å². The van der Waals surface area contributed by atoms with Crippen molar-refractivity contribution in [2.75, 3.05) is 6.54 Å². The predicted molar refractivity (Wildman–Crippen MR) is 93.5 cm³/mol. The number of hydrogen-bond acceptors (Lipinski definition) is 2. The smallest absolute Gasteiger partial charge is 0.252 e. The summed E-state index contributed by atoms with van der Waals surface area (Å²) < 4.78 is 1.02. The summed E-state index contributed by atoms with van der Waals surface area (Å²) in [5, 5.41) is 7.00. The van der Waals surface area contributed by atoms with Crippen molar-refractivity contribution >= 4 is 28.5 Å². The molecular weight excluding hydrogens is 375 g/mol. The molecule has 1 amide bonds. The molecule has 1 unspecified atom stereocenters. The van der Waals surface area contributed by atoms with Crippen LogP contribution in [0.3, 0.4) is 0 Å². The van der Waals surface area contributed by atoms with Gasteiger partial charge in [-0.25, -0.2) is 0 Å². The largest absolute Gasteiger partial charge is 0.349 e. The molecule has 0 aromatic heterocycles. The van der Waals surface area contributed by atoms with E-state index < -0.39 is 0 Å². The molecule has 3 nitrogen and oxygen atoms in total. The zero-order chi connectivity index (χ0) is 14.7. The topological polar surface area (TPSA) is 41.1 Å². The Morgan fingerprint density at radius 3 is 2.76 bits per heavy atom. The summed E-state index contributed by atoms with van der Waals surface area (Å²) in [6, 6.07) is 8.12. The maximum absolute atomic E-state index is 12.5. The Morgan fingerprint density at radius 2 is 2.00 bits per heavy atom. The predicted octanol–water partition coefficient (Wildman–Crippen LogP) is 3.48. The fraction of sp³-hybridized carbons (Fsp3) is 0.588. The van der Waals surface area contributed by atoms with Gasteiger partial charge in [0.1, 0.15) is 0 Å². The fourth-order valence-corrected chi connectivity index (χ4v) is 4.43. The Bertz CT molecular complexity index is 506. The van der Waals surface area contributed by atoms with Crippen molar-refractivity contribution in [3.8, 4) is 0 Å². The molecule has 1 atom stereocenters. The Morgan fingerprint density at radius 1 is 1.24 bits per heavy atom. The zero-order valence-electron chi connectivity index (χ0n) is 12.3. The number of rotatable bonds is 2. The summed E-state index contributed by atoms with van der Waals surface area (Å²) in [6.07, 6.45) is 8.67. The van der Waals surface area contributed by atoms with Gasteiger partial charge in [0.25, 0.3) is 5.91 Å². The van der Waals surface area contributed by atoms with E-state index in [0.29, 0.717) is 6.04 Å². The highest BCUT2D eigenvalue weighted by Crippen LogP contribution is 2.34. The van der Waals surface area contributed by atoms with Crippen LogP contribution in [-0.4, -0.2) is 24.0 Å². The minimum absolute atomic E-state index is 0.0814. The molecule has 1 heterocycles. The average molecular weight is 398 g/mol. The monoisotopic (exact) mass is 398 g/mol. The number of nitrogens with one attached hydrogen (secondary N) is 2. The second-order valence-corrected chi connectivity index (χ2v) is 7.57. The summed E-state index contributed by atoms with van der Waals surface area (Å²) in [5.41, 5.74) is 1.09. The van der Waals surface area contributed by atoms with Gasteiger partial charge >= 0.3 is 0 Å². The van der Waals surface area contributed by atoms with Crippen LogP contribution in [-0.2, 0) is 0 Å². The van der Waals surface area contributed by atoms with Crippen LogP contribution in [0.1, 0.15) is 55.3 Å². The van der Waals surface area contributed by atoms with Crippen molar-refractivity contribution < 1.29 is 4.79 Å². The van der Waals surface area contributed by atoms with Gasteiger partial charge in [-0.05, 0) is 67.0 Å². The Kier molecular flexibility index (Phi) is 4.84. The molecule has 1 aromatic carbocycles. The van der Waals surface area contributed by atoms with Crippen LogP contribution >= 0.6 is 22.6 Å². The fourth-order valence-electron chi connectivity index (χ4n) is 3.80. The number of carbonyl (C=O) groups excluding carboxylic acids is 1. The third-order valence-corrected chi connectivity index (χ3v) is 5.83. The number of hydrogen-bond donors (Lipinski definition) is 2. The van der Waals surface area contributed by atoms with Crippen LogP contribution in [0.4, 0.5) is 0 Å². The van der Waals surface area contributed by atoms with E-state index in [9.17, 15) is 4.79 Å². The Hall–Kier alpha value is -0.620. The first kappa shape index (κ1) is 15.3. The second-order valence-electron chi connectivity index (χ2n) is 6.41. The lowest BCUT2D eigenvalue weighted by molar-refractivity contribution is 0.0892. The molecular formula is C17H23IN2O. The lowest BCUT2D eigenvalue weighted by atomic mass is 9.75. The molecule has 0 bridgehead atoms. The van der Waals surface area contributed by atoms with Gasteiger partial charge in [0, 0.05) is 15.2 Å². The maximum atomic E-state index is 12.5. The lowest BCUT2D eigenvalue weighted by Gasteiger charge is -2.44. The van der Waals surface area contributed by atoms with Crippen LogP contribution in [0.15, 0.2) is 24.3 Å². The van der Waals surface area contributed by atoms with E-state index >= 15 is 0 Å². The first-order chi connectivity index (χ1) is 10.2. The molecule has 4 heteroatoms. The number of piperidine rings is 1. The quantitative estimate of drug-likeness (QED) is 0.750. The Labute approximate surface area is 140 Å². The molecule has 1 saturated heterocycles. The average Bonchev–Trinajstić information content (AvgIpc) is 2.48. The minimum atomic E-state index is 0.0814. The highest BCUT2D eigenvalue weighted by Gasteiger charge is 2.37. The van der Waals surface area contributed by atoms with Gasteiger partial charge in [0.15, 0.2) is 0 Å². The van der Waals surface area contributed by atoms with Crippen molar-refractivity contribution in [1.29, 1.82) is 0 Å². The molecule has 1 aliphatic heterocycles. The van der Waals surface area contributed by atoms with Gasteiger partial charge in [0.2, 0.25) is 0 Å². The molecule has 1 aliphatic carbocycles. The van der Waals surface area contributed by atoms with Crippen molar-refractivity contribution in [2.24, 2.45) is 0 Å². The summed E-state index contributed by atoms with van der Waals surface area (Å²) in [7, 11) is 0. The summed E-state index contributed by atoms with van der Waals surface area (Å²) in [5.74, 6) is 0.0814. The van der Waals surface area contributed by atoms with Gasteiger partial charge in [-0.15, -0.1) is 0 Å². The number of amides is 1. The second kappa shape index (κ2) is 6.65. The molecule has 21 heavy (non-hydrogen) atoms.